The van der Waals surface area contributed by atoms with Crippen LogP contribution in [-0.4, -0.2) is 25.1 Å². The number of methoxy groups -OCH3 is 1. The Hall–Kier alpha value is -2.39. The van der Waals surface area contributed by atoms with Gasteiger partial charge in [0.2, 0.25) is 0 Å². The standard InChI is InChI=1S/C21H22FNO/c1-24-21-10-9-18(15-20(21)22)8-7-17-11-13-23(14-12-17)16-19-5-3-2-4-6-19/h2-11,15H,12-14,16H2,1H3/b8-7+. The van der Waals surface area contributed by atoms with E-state index in [1.165, 1.54) is 24.3 Å². The lowest BCUT2D eigenvalue weighted by Crippen LogP contribution is -2.27. The first kappa shape index (κ1) is 16.5. The van der Waals surface area contributed by atoms with Gasteiger partial charge in [0.25, 0.3) is 0 Å². The quantitative estimate of drug-likeness (QED) is 0.792. The molecule has 0 aromatic heterocycles. The Labute approximate surface area is 142 Å². The fraction of sp³-hybridized carbons (Fsp3) is 0.238. The molecule has 124 valence electrons. The van der Waals surface area contributed by atoms with Crippen molar-refractivity contribution in [3.63, 3.8) is 0 Å². The largest absolute Gasteiger partial charge is 0.494 e. The SMILES string of the molecule is COc1ccc(/C=C/C2=CCN(Cc3ccccc3)CC2)cc1F. The summed E-state index contributed by atoms with van der Waals surface area (Å²) in [4.78, 5) is 2.43. The van der Waals surface area contributed by atoms with Gasteiger partial charge in [-0.3, -0.25) is 4.90 Å². The fourth-order valence-corrected chi connectivity index (χ4v) is 2.85. The predicted octanol–water partition coefficient (Wildman–Crippen LogP) is 4.68. The number of halogens is 1. The maximum atomic E-state index is 13.7. The van der Waals surface area contributed by atoms with E-state index in [0.29, 0.717) is 0 Å². The minimum atomic E-state index is -0.327. The summed E-state index contributed by atoms with van der Waals surface area (Å²) in [5.74, 6) is -0.0492. The van der Waals surface area contributed by atoms with E-state index in [1.54, 1.807) is 6.07 Å². The summed E-state index contributed by atoms with van der Waals surface area (Å²) in [7, 11) is 1.47. The zero-order chi connectivity index (χ0) is 16.8. The van der Waals surface area contributed by atoms with Crippen LogP contribution in [0.2, 0.25) is 0 Å². The van der Waals surface area contributed by atoms with Crippen LogP contribution in [0.1, 0.15) is 17.5 Å². The van der Waals surface area contributed by atoms with E-state index in [0.717, 1.165) is 31.6 Å². The van der Waals surface area contributed by atoms with Gasteiger partial charge in [0.1, 0.15) is 0 Å². The second-order valence-electron chi connectivity index (χ2n) is 5.98. The van der Waals surface area contributed by atoms with Crippen LogP contribution in [0.25, 0.3) is 6.08 Å². The van der Waals surface area contributed by atoms with Crippen LogP contribution in [0.15, 0.2) is 66.3 Å². The summed E-state index contributed by atoms with van der Waals surface area (Å²) in [6, 6.07) is 15.6. The third kappa shape index (κ3) is 4.33. The first-order valence-electron chi connectivity index (χ1n) is 8.21. The smallest absolute Gasteiger partial charge is 0.165 e. The average molecular weight is 323 g/mol. The van der Waals surface area contributed by atoms with Gasteiger partial charge in [-0.25, -0.2) is 4.39 Å². The molecule has 0 amide bonds. The Bertz CT molecular complexity index is 737. The number of allylic oxidation sites excluding steroid dienone is 1. The Balaban J connectivity index is 1.58. The Morgan fingerprint density at radius 2 is 1.96 bits per heavy atom. The molecule has 1 heterocycles. The van der Waals surface area contributed by atoms with Crippen molar-refractivity contribution in [3.8, 4) is 5.75 Å². The molecule has 1 aliphatic heterocycles. The van der Waals surface area contributed by atoms with E-state index in [9.17, 15) is 4.39 Å². The van der Waals surface area contributed by atoms with Crippen LogP contribution < -0.4 is 4.74 Å². The first-order chi connectivity index (χ1) is 11.7. The molecule has 0 atom stereocenters. The highest BCUT2D eigenvalue weighted by Gasteiger charge is 2.10. The molecule has 2 aromatic carbocycles. The van der Waals surface area contributed by atoms with Gasteiger partial charge in [-0.15, -0.1) is 0 Å². The van der Waals surface area contributed by atoms with Gasteiger partial charge in [0.05, 0.1) is 7.11 Å². The average Bonchev–Trinajstić information content (AvgIpc) is 2.62. The Morgan fingerprint density at radius 3 is 2.62 bits per heavy atom. The van der Waals surface area contributed by atoms with E-state index in [1.807, 2.05) is 18.2 Å². The van der Waals surface area contributed by atoms with Gasteiger partial charge < -0.3 is 4.74 Å². The monoisotopic (exact) mass is 323 g/mol. The predicted molar refractivity (Wildman–Crippen MR) is 96.4 cm³/mol. The molecular formula is C21H22FNO. The number of ether oxygens (including phenoxy) is 1. The highest BCUT2D eigenvalue weighted by atomic mass is 19.1. The molecular weight excluding hydrogens is 301 g/mol. The zero-order valence-electron chi connectivity index (χ0n) is 13.9. The summed E-state index contributed by atoms with van der Waals surface area (Å²) in [5.41, 5.74) is 3.50. The first-order valence-corrected chi connectivity index (χ1v) is 8.21. The number of rotatable bonds is 5. The van der Waals surface area contributed by atoms with Gasteiger partial charge >= 0.3 is 0 Å². The number of hydrogen-bond donors (Lipinski definition) is 0. The summed E-state index contributed by atoms with van der Waals surface area (Å²) in [6.45, 7) is 2.98. The van der Waals surface area contributed by atoms with E-state index in [4.69, 9.17) is 4.74 Å². The van der Waals surface area contributed by atoms with E-state index in [2.05, 4.69) is 41.3 Å². The van der Waals surface area contributed by atoms with Gasteiger partial charge in [-0.1, -0.05) is 54.6 Å². The van der Waals surface area contributed by atoms with Gasteiger partial charge in [0.15, 0.2) is 11.6 Å². The second kappa shape index (κ2) is 7.93. The maximum Gasteiger partial charge on any atom is 0.165 e. The van der Waals surface area contributed by atoms with Crippen LogP contribution in [0, 0.1) is 5.82 Å². The van der Waals surface area contributed by atoms with Crippen molar-refractivity contribution < 1.29 is 9.13 Å². The molecule has 3 rings (SSSR count). The van der Waals surface area contributed by atoms with Gasteiger partial charge in [-0.2, -0.15) is 0 Å². The molecule has 0 radical (unpaired) electrons. The van der Waals surface area contributed by atoms with Crippen LogP contribution in [0.4, 0.5) is 4.39 Å². The molecule has 2 aromatic rings. The summed E-state index contributed by atoms with van der Waals surface area (Å²) in [5, 5.41) is 0. The van der Waals surface area contributed by atoms with Gasteiger partial charge in [0, 0.05) is 19.6 Å². The molecule has 0 unspecified atom stereocenters. The summed E-state index contributed by atoms with van der Waals surface area (Å²) in [6.07, 6.45) is 7.31. The van der Waals surface area contributed by atoms with Crippen molar-refractivity contribution in [1.82, 2.24) is 4.90 Å². The van der Waals surface area contributed by atoms with Crippen molar-refractivity contribution in [2.24, 2.45) is 0 Å². The van der Waals surface area contributed by atoms with Crippen LogP contribution in [0.5, 0.6) is 5.75 Å². The molecule has 0 N–H and O–H groups in total. The van der Waals surface area contributed by atoms with E-state index < -0.39 is 0 Å². The lowest BCUT2D eigenvalue weighted by Gasteiger charge is -2.25. The highest BCUT2D eigenvalue weighted by molar-refractivity contribution is 5.54. The van der Waals surface area contributed by atoms with Crippen LogP contribution in [-0.2, 0) is 6.54 Å². The molecule has 1 aliphatic rings. The van der Waals surface area contributed by atoms with Crippen molar-refractivity contribution in [2.75, 3.05) is 20.2 Å². The number of nitrogens with zero attached hydrogens (tertiary/aromatic N) is 1. The lowest BCUT2D eigenvalue weighted by atomic mass is 10.1. The Kier molecular flexibility index (Phi) is 5.44. The fourth-order valence-electron chi connectivity index (χ4n) is 2.85. The Morgan fingerprint density at radius 1 is 1.12 bits per heavy atom. The second-order valence-corrected chi connectivity index (χ2v) is 5.98. The minimum Gasteiger partial charge on any atom is -0.494 e. The third-order valence-electron chi connectivity index (χ3n) is 4.24. The normalized spacial score (nSPS) is 15.5. The maximum absolute atomic E-state index is 13.7. The molecule has 24 heavy (non-hydrogen) atoms. The molecule has 0 fully saturated rings. The molecule has 0 saturated heterocycles. The summed E-state index contributed by atoms with van der Waals surface area (Å²) < 4.78 is 18.6. The van der Waals surface area contributed by atoms with E-state index in [-0.39, 0.29) is 11.6 Å². The topological polar surface area (TPSA) is 12.5 Å². The molecule has 0 bridgehead atoms. The lowest BCUT2D eigenvalue weighted by molar-refractivity contribution is 0.287. The van der Waals surface area contributed by atoms with Crippen molar-refractivity contribution in [2.45, 2.75) is 13.0 Å². The third-order valence-corrected chi connectivity index (χ3v) is 4.24. The molecule has 2 nitrogen and oxygen atoms in total. The number of benzene rings is 2. The van der Waals surface area contributed by atoms with Crippen molar-refractivity contribution in [1.29, 1.82) is 0 Å². The highest BCUT2D eigenvalue weighted by Crippen LogP contribution is 2.20. The molecule has 0 spiro atoms. The summed E-state index contributed by atoms with van der Waals surface area (Å²) >= 11 is 0. The molecule has 0 aliphatic carbocycles. The minimum absolute atomic E-state index is 0.278. The molecule has 3 heteroatoms. The number of hydrogen-bond acceptors (Lipinski definition) is 2. The van der Waals surface area contributed by atoms with Crippen molar-refractivity contribution >= 4 is 6.08 Å². The van der Waals surface area contributed by atoms with Crippen molar-refractivity contribution in [3.05, 3.63) is 83.2 Å². The van der Waals surface area contributed by atoms with Crippen LogP contribution >= 0.6 is 0 Å². The molecule has 0 saturated carbocycles. The van der Waals surface area contributed by atoms with E-state index >= 15 is 0 Å². The zero-order valence-corrected chi connectivity index (χ0v) is 13.9. The van der Waals surface area contributed by atoms with Crippen LogP contribution in [0.3, 0.4) is 0 Å². The van der Waals surface area contributed by atoms with Gasteiger partial charge in [-0.05, 0) is 35.3 Å².